The Kier molecular flexibility index (Phi) is 5.57. The van der Waals surface area contributed by atoms with Crippen LogP contribution in [0.2, 0.25) is 0 Å². The van der Waals surface area contributed by atoms with Gasteiger partial charge in [0.1, 0.15) is 5.69 Å². The number of aromatic nitrogens is 2. The van der Waals surface area contributed by atoms with E-state index in [4.69, 9.17) is 0 Å². The zero-order valence-corrected chi connectivity index (χ0v) is 24.1. The van der Waals surface area contributed by atoms with Gasteiger partial charge in [0.15, 0.2) is 5.78 Å². The summed E-state index contributed by atoms with van der Waals surface area (Å²) in [5.41, 5.74) is 5.60. The molecule has 1 spiro atoms. The monoisotopic (exact) mass is 580 g/mol. The van der Waals surface area contributed by atoms with Crippen molar-refractivity contribution < 1.29 is 14.4 Å². The Balaban J connectivity index is 1.01. The molecule has 1 saturated heterocycles. The lowest BCUT2D eigenvalue weighted by molar-refractivity contribution is -0.115. The molecule has 2 aromatic heterocycles. The topological polar surface area (TPSA) is 131 Å². The predicted octanol–water partition coefficient (Wildman–Crippen LogP) is 4.29. The summed E-state index contributed by atoms with van der Waals surface area (Å²) in [4.78, 5) is 44.7. The highest BCUT2D eigenvalue weighted by molar-refractivity contribution is 7.81. The molecule has 2 saturated carbocycles. The van der Waals surface area contributed by atoms with Crippen LogP contribution in [0.3, 0.4) is 0 Å². The number of hydrogen-bond donors (Lipinski definition) is 7. The second-order valence-corrected chi connectivity index (χ2v) is 13.1. The van der Waals surface area contributed by atoms with Gasteiger partial charge in [-0.05, 0) is 73.4 Å². The minimum Gasteiger partial charge on any atom is -0.357 e. The van der Waals surface area contributed by atoms with Crippen molar-refractivity contribution in [3.63, 3.8) is 0 Å². The highest BCUT2D eigenvalue weighted by Crippen LogP contribution is 2.65. The highest BCUT2D eigenvalue weighted by atomic mass is 32.1. The minimum atomic E-state index is -0.422. The van der Waals surface area contributed by atoms with Crippen molar-refractivity contribution in [3.05, 3.63) is 71.6 Å². The maximum atomic E-state index is 13.1. The SMILES string of the molecule is CC(S)C(=O)Nc1ccc2[nH]c(C(=O)Nc3ccc4[nH]c(C5C=C6C(CC(C)C7NCC8C(=O)C687)N5)cc4c3)cc2c1. The summed E-state index contributed by atoms with van der Waals surface area (Å²) in [6.45, 7) is 4.77. The van der Waals surface area contributed by atoms with Crippen molar-refractivity contribution in [2.45, 2.75) is 43.6 Å². The molecule has 10 heteroatoms. The van der Waals surface area contributed by atoms with Crippen molar-refractivity contribution in [3.8, 4) is 0 Å². The number of piperidine rings is 1. The Bertz CT molecular complexity index is 1860. The van der Waals surface area contributed by atoms with Gasteiger partial charge < -0.3 is 25.9 Å². The van der Waals surface area contributed by atoms with Crippen LogP contribution < -0.4 is 21.3 Å². The number of rotatable bonds is 5. The van der Waals surface area contributed by atoms with E-state index in [0.717, 1.165) is 40.5 Å². The molecule has 2 aliphatic heterocycles. The van der Waals surface area contributed by atoms with E-state index in [0.29, 0.717) is 28.8 Å². The fraction of sp³-hybridized carbons (Fsp3) is 0.344. The summed E-state index contributed by atoms with van der Waals surface area (Å²) in [6.07, 6.45) is 3.31. The number of carbonyl (C=O) groups excluding carboxylic acids is 3. The molecule has 4 aromatic rings. The molecule has 7 atom stereocenters. The van der Waals surface area contributed by atoms with Crippen molar-refractivity contribution in [1.29, 1.82) is 0 Å². The molecule has 9 nitrogen and oxygen atoms in total. The Labute approximate surface area is 247 Å². The number of H-pyrrole nitrogens is 2. The first kappa shape index (κ1) is 25.8. The standard InChI is InChI=1S/C32H32N6O3S/c1-14-7-24-20(32-21(29(32)39)13-33-28(14)32)12-26(38-24)25-10-16-8-19(4-5-22(16)36-25)35-31(41)27-11-17-9-18(3-6-23(17)37-27)34-30(40)15(2)42/h3-6,8-12,14-15,21,24,26,28,33,36-38,42H,7,13H2,1-2H3,(H,34,40)(H,35,41). The van der Waals surface area contributed by atoms with Crippen LogP contribution in [-0.2, 0) is 9.59 Å². The Hall–Kier alpha value is -3.86. The molecular weight excluding hydrogens is 548 g/mol. The third kappa shape index (κ3) is 3.75. The first-order valence-electron chi connectivity index (χ1n) is 14.5. The largest absolute Gasteiger partial charge is 0.357 e. The molecule has 214 valence electrons. The molecule has 7 unspecified atom stereocenters. The molecule has 6 N–H and O–H groups in total. The van der Waals surface area contributed by atoms with Gasteiger partial charge in [-0.15, -0.1) is 0 Å². The summed E-state index contributed by atoms with van der Waals surface area (Å²) < 4.78 is 0. The number of aromatic amines is 2. The average Bonchev–Trinajstić information content (AvgIpc) is 3.57. The van der Waals surface area contributed by atoms with E-state index in [1.165, 1.54) is 5.57 Å². The number of amides is 2. The zero-order valence-electron chi connectivity index (χ0n) is 23.2. The van der Waals surface area contributed by atoms with Crippen LogP contribution in [0.1, 0.15) is 42.5 Å². The minimum absolute atomic E-state index is 0.0161. The Morgan fingerprint density at radius 3 is 2.45 bits per heavy atom. The van der Waals surface area contributed by atoms with E-state index in [2.05, 4.69) is 62.9 Å². The Morgan fingerprint density at radius 2 is 1.71 bits per heavy atom. The van der Waals surface area contributed by atoms with E-state index in [1.807, 2.05) is 30.3 Å². The summed E-state index contributed by atoms with van der Waals surface area (Å²) in [7, 11) is 0. The van der Waals surface area contributed by atoms with Crippen molar-refractivity contribution in [1.82, 2.24) is 20.6 Å². The molecule has 4 heterocycles. The molecule has 0 radical (unpaired) electrons. The lowest BCUT2D eigenvalue weighted by atomic mass is 9.70. The van der Waals surface area contributed by atoms with Gasteiger partial charge in [-0.1, -0.05) is 13.0 Å². The molecule has 2 aliphatic carbocycles. The average molecular weight is 581 g/mol. The second kappa shape index (κ2) is 9.07. The lowest BCUT2D eigenvalue weighted by Gasteiger charge is -2.38. The van der Waals surface area contributed by atoms with E-state index >= 15 is 0 Å². The van der Waals surface area contributed by atoms with Gasteiger partial charge in [-0.2, -0.15) is 12.6 Å². The summed E-state index contributed by atoms with van der Waals surface area (Å²) in [6, 6.07) is 15.7. The zero-order chi connectivity index (χ0) is 28.9. The van der Waals surface area contributed by atoms with Crippen LogP contribution in [0.4, 0.5) is 11.4 Å². The van der Waals surface area contributed by atoms with E-state index in [1.54, 1.807) is 19.1 Å². The van der Waals surface area contributed by atoms with Crippen LogP contribution in [0.25, 0.3) is 21.8 Å². The first-order chi connectivity index (χ1) is 20.2. The normalized spacial score (nSPS) is 30.0. The maximum absolute atomic E-state index is 13.1. The highest BCUT2D eigenvalue weighted by Gasteiger charge is 2.76. The lowest BCUT2D eigenvalue weighted by Crippen LogP contribution is -2.49. The predicted molar refractivity (Wildman–Crippen MR) is 166 cm³/mol. The molecule has 3 fully saturated rings. The van der Waals surface area contributed by atoms with Crippen LogP contribution in [0, 0.1) is 17.3 Å². The number of fused-ring (bicyclic) bond motifs is 3. The number of nitrogens with one attached hydrogen (secondary N) is 6. The number of ketones is 1. The quantitative estimate of drug-likeness (QED) is 0.140. The second-order valence-electron chi connectivity index (χ2n) is 12.3. The molecule has 2 aromatic carbocycles. The first-order valence-corrected chi connectivity index (χ1v) is 15.1. The number of anilines is 2. The van der Waals surface area contributed by atoms with Crippen molar-refractivity contribution in [2.24, 2.45) is 17.3 Å². The molecule has 8 rings (SSSR count). The van der Waals surface area contributed by atoms with Crippen LogP contribution >= 0.6 is 12.6 Å². The van der Waals surface area contributed by atoms with Crippen LogP contribution in [0.15, 0.2) is 60.2 Å². The van der Waals surface area contributed by atoms with Gasteiger partial charge in [-0.3, -0.25) is 19.7 Å². The third-order valence-corrected chi connectivity index (χ3v) is 9.96. The van der Waals surface area contributed by atoms with E-state index < -0.39 is 5.25 Å². The fourth-order valence-electron chi connectivity index (χ4n) is 7.72. The summed E-state index contributed by atoms with van der Waals surface area (Å²) >= 11 is 4.17. The van der Waals surface area contributed by atoms with Gasteiger partial charge in [0.25, 0.3) is 5.91 Å². The van der Waals surface area contributed by atoms with Crippen LogP contribution in [-0.4, -0.2) is 51.4 Å². The fourth-order valence-corrected chi connectivity index (χ4v) is 7.79. The number of hydrogen-bond acceptors (Lipinski definition) is 6. The number of benzene rings is 2. The van der Waals surface area contributed by atoms with Gasteiger partial charge in [0, 0.05) is 63.4 Å². The number of carbonyl (C=O) groups is 3. The van der Waals surface area contributed by atoms with Crippen LogP contribution in [0.5, 0.6) is 0 Å². The maximum Gasteiger partial charge on any atom is 0.272 e. The molecular formula is C32H32N6O3S. The van der Waals surface area contributed by atoms with Gasteiger partial charge in [0.05, 0.1) is 16.7 Å². The van der Waals surface area contributed by atoms with Crippen molar-refractivity contribution >= 4 is 63.4 Å². The third-order valence-electron chi connectivity index (χ3n) is 9.73. The molecule has 4 aliphatic rings. The van der Waals surface area contributed by atoms with Crippen molar-refractivity contribution in [2.75, 3.05) is 17.2 Å². The van der Waals surface area contributed by atoms with Gasteiger partial charge in [0.2, 0.25) is 5.91 Å². The summed E-state index contributed by atoms with van der Waals surface area (Å²) in [5, 5.41) is 14.6. The van der Waals surface area contributed by atoms with Gasteiger partial charge in [-0.25, -0.2) is 0 Å². The van der Waals surface area contributed by atoms with Gasteiger partial charge >= 0.3 is 0 Å². The summed E-state index contributed by atoms with van der Waals surface area (Å²) in [5.74, 6) is 0.563. The number of Topliss-reactive ketones (excluding diaryl/α,β-unsaturated/α-hetero) is 1. The van der Waals surface area contributed by atoms with E-state index in [9.17, 15) is 14.4 Å². The molecule has 0 bridgehead atoms. The smallest absolute Gasteiger partial charge is 0.272 e. The number of thiol groups is 1. The Morgan fingerprint density at radius 1 is 1.00 bits per heavy atom. The molecule has 2 amide bonds. The molecule has 42 heavy (non-hydrogen) atoms. The van der Waals surface area contributed by atoms with E-state index in [-0.39, 0.29) is 41.3 Å².